The number of allylic oxidation sites excluding steroid dienone is 2. The van der Waals surface area contributed by atoms with Crippen LogP contribution in [0.5, 0.6) is 0 Å². The predicted octanol–water partition coefficient (Wildman–Crippen LogP) is 6.65. The molecule has 0 aliphatic carbocycles. The molecule has 35 heavy (non-hydrogen) atoms. The predicted molar refractivity (Wildman–Crippen MR) is 141 cm³/mol. The van der Waals surface area contributed by atoms with E-state index in [0.717, 1.165) is 16.9 Å². The van der Waals surface area contributed by atoms with Gasteiger partial charge in [0.25, 0.3) is 5.69 Å². The minimum Gasteiger partial charge on any atom is -0.346 e. The molecule has 2 aliphatic rings. The Hall–Kier alpha value is -3.90. The summed E-state index contributed by atoms with van der Waals surface area (Å²) in [5.41, 5.74) is 4.54. The van der Waals surface area contributed by atoms with Crippen LogP contribution in [0.25, 0.3) is 0 Å². The lowest BCUT2D eigenvalue weighted by Gasteiger charge is -2.31. The molecule has 9 heteroatoms. The number of hydrogen-bond donors (Lipinski definition) is 1. The minimum atomic E-state index is -3.57. The van der Waals surface area contributed by atoms with E-state index in [1.54, 1.807) is 24.0 Å². The lowest BCUT2D eigenvalue weighted by molar-refractivity contribution is -0.384. The van der Waals surface area contributed by atoms with E-state index in [2.05, 4.69) is 41.1 Å². The van der Waals surface area contributed by atoms with Gasteiger partial charge in [-0.2, -0.15) is 9.88 Å². The molecule has 0 saturated carbocycles. The summed E-state index contributed by atoms with van der Waals surface area (Å²) >= 11 is 0. The molecule has 0 unspecified atom stereocenters. The average Bonchev–Trinajstić information content (AvgIpc) is 3.26. The van der Waals surface area contributed by atoms with Crippen LogP contribution in [0.3, 0.4) is 0 Å². The molecule has 0 fully saturated rings. The van der Waals surface area contributed by atoms with Crippen molar-refractivity contribution in [2.24, 2.45) is 5.10 Å². The van der Waals surface area contributed by atoms with E-state index in [1.165, 1.54) is 12.1 Å². The second kappa shape index (κ2) is 8.10. The van der Waals surface area contributed by atoms with Gasteiger partial charge in [-0.15, -0.1) is 0 Å². The standard InChI is InChI=1S/C26H26N5O3P/c1-18-16-20(31(32)33)14-15-22(18)28-35(34)24(17-27-30(35)19-10-6-5-7-11-19)25-26(2,3)21-12-8-9-13-23(21)29(25)4/h5-17H,1-4H3,(H,28,34)/b25-24-/t35-/m0/s1. The third-order valence-electron chi connectivity index (χ3n) is 6.67. The first-order valence-corrected chi connectivity index (χ1v) is 12.9. The monoisotopic (exact) mass is 487 g/mol. The molecule has 2 aliphatic heterocycles. The number of hydrazone groups is 1. The van der Waals surface area contributed by atoms with Gasteiger partial charge in [-0.05, 0) is 42.3 Å². The van der Waals surface area contributed by atoms with Gasteiger partial charge in [-0.3, -0.25) is 14.7 Å². The van der Waals surface area contributed by atoms with Crippen LogP contribution >= 0.6 is 7.44 Å². The van der Waals surface area contributed by atoms with Crippen LogP contribution in [-0.4, -0.2) is 18.2 Å². The molecule has 8 nitrogen and oxygen atoms in total. The van der Waals surface area contributed by atoms with Crippen molar-refractivity contribution >= 4 is 36.4 Å². The Labute approximate surface area is 204 Å². The Morgan fingerprint density at radius 2 is 1.71 bits per heavy atom. The molecule has 0 bridgehead atoms. The summed E-state index contributed by atoms with van der Waals surface area (Å²) in [6.45, 7) is 6.01. The Morgan fingerprint density at radius 3 is 2.37 bits per heavy atom. The number of nitrogens with one attached hydrogen (secondary N) is 1. The molecular formula is C26H26N5O3P. The molecule has 3 aromatic carbocycles. The molecule has 2 heterocycles. The number of rotatable bonds is 4. The second-order valence-corrected chi connectivity index (χ2v) is 11.5. The summed E-state index contributed by atoms with van der Waals surface area (Å²) in [7, 11) is -1.58. The van der Waals surface area contributed by atoms with E-state index >= 15 is 4.57 Å². The Morgan fingerprint density at radius 1 is 1.03 bits per heavy atom. The highest BCUT2D eigenvalue weighted by atomic mass is 31.2. The lowest BCUT2D eigenvalue weighted by Crippen LogP contribution is -2.27. The number of fused-ring (bicyclic) bond motifs is 1. The number of likely N-dealkylation sites (N-methyl/N-ethyl adjacent to an activating group) is 1. The molecule has 3 aromatic rings. The van der Waals surface area contributed by atoms with Gasteiger partial charge in [-0.1, -0.05) is 50.2 Å². The number of nitro benzene ring substituents is 1. The fourth-order valence-corrected chi connectivity index (χ4v) is 7.55. The quantitative estimate of drug-likeness (QED) is 0.252. The smallest absolute Gasteiger partial charge is 0.313 e. The maximum atomic E-state index is 15.1. The van der Waals surface area contributed by atoms with Crippen LogP contribution in [0, 0.1) is 17.0 Å². The molecule has 1 atom stereocenters. The number of nitrogens with zero attached hydrogens (tertiary/aromatic N) is 4. The molecular weight excluding hydrogens is 461 g/mol. The average molecular weight is 488 g/mol. The first-order valence-electron chi connectivity index (χ1n) is 11.3. The summed E-state index contributed by atoms with van der Waals surface area (Å²) in [4.78, 5) is 12.9. The molecule has 0 amide bonds. The van der Waals surface area contributed by atoms with Crippen LogP contribution in [0.4, 0.5) is 22.7 Å². The third-order valence-corrected chi connectivity index (χ3v) is 9.06. The largest absolute Gasteiger partial charge is 0.346 e. The van der Waals surface area contributed by atoms with Crippen LogP contribution in [0.15, 0.2) is 88.9 Å². The molecule has 0 spiro atoms. The Kier molecular flexibility index (Phi) is 5.29. The number of benzene rings is 3. The van der Waals surface area contributed by atoms with Crippen LogP contribution in [0.2, 0.25) is 0 Å². The van der Waals surface area contributed by atoms with E-state index in [0.29, 0.717) is 22.3 Å². The lowest BCUT2D eigenvalue weighted by atomic mass is 9.84. The zero-order valence-electron chi connectivity index (χ0n) is 20.0. The molecule has 178 valence electrons. The van der Waals surface area contributed by atoms with Crippen molar-refractivity contribution in [2.75, 3.05) is 21.8 Å². The van der Waals surface area contributed by atoms with Crippen molar-refractivity contribution in [1.82, 2.24) is 0 Å². The molecule has 0 radical (unpaired) electrons. The first kappa shape index (κ1) is 22.9. The van der Waals surface area contributed by atoms with Crippen LogP contribution in [0.1, 0.15) is 25.0 Å². The van der Waals surface area contributed by atoms with Gasteiger partial charge in [0.1, 0.15) is 0 Å². The van der Waals surface area contributed by atoms with Crippen molar-refractivity contribution in [3.05, 3.63) is 105 Å². The van der Waals surface area contributed by atoms with Crippen molar-refractivity contribution in [2.45, 2.75) is 26.2 Å². The van der Waals surface area contributed by atoms with Gasteiger partial charge in [0.15, 0.2) is 0 Å². The fraction of sp³-hybridized carbons (Fsp3) is 0.192. The number of nitro groups is 1. The molecule has 1 N–H and O–H groups in total. The zero-order chi connectivity index (χ0) is 25.0. The fourth-order valence-electron chi connectivity index (χ4n) is 4.97. The first-order chi connectivity index (χ1) is 16.6. The summed E-state index contributed by atoms with van der Waals surface area (Å²) in [5, 5.41) is 19.7. The number of hydrogen-bond acceptors (Lipinski definition) is 5. The van der Waals surface area contributed by atoms with Crippen LogP contribution < -0.4 is 14.8 Å². The number of para-hydroxylation sites is 2. The van der Waals surface area contributed by atoms with E-state index in [4.69, 9.17) is 0 Å². The number of non-ortho nitro benzene ring substituents is 1. The highest BCUT2D eigenvalue weighted by Crippen LogP contribution is 2.65. The summed E-state index contributed by atoms with van der Waals surface area (Å²) in [6, 6.07) is 22.0. The van der Waals surface area contributed by atoms with E-state index in [1.807, 2.05) is 49.5 Å². The van der Waals surface area contributed by atoms with Crippen molar-refractivity contribution in [3.8, 4) is 0 Å². The molecule has 0 saturated heterocycles. The maximum Gasteiger partial charge on any atom is 0.313 e. The second-order valence-electron chi connectivity index (χ2n) is 9.25. The summed E-state index contributed by atoms with van der Waals surface area (Å²) in [5.74, 6) is 0. The van der Waals surface area contributed by atoms with Gasteiger partial charge < -0.3 is 9.99 Å². The minimum absolute atomic E-state index is 0.0143. The number of aryl methyl sites for hydroxylation is 1. The maximum absolute atomic E-state index is 15.1. The third kappa shape index (κ3) is 3.53. The van der Waals surface area contributed by atoms with Gasteiger partial charge in [0.2, 0.25) is 0 Å². The van der Waals surface area contributed by atoms with E-state index in [-0.39, 0.29) is 5.69 Å². The summed E-state index contributed by atoms with van der Waals surface area (Å²) in [6.07, 6.45) is 1.68. The van der Waals surface area contributed by atoms with Gasteiger partial charge in [0, 0.05) is 41.7 Å². The highest BCUT2D eigenvalue weighted by Gasteiger charge is 2.48. The van der Waals surface area contributed by atoms with E-state index in [9.17, 15) is 10.1 Å². The van der Waals surface area contributed by atoms with Gasteiger partial charge >= 0.3 is 7.44 Å². The van der Waals surface area contributed by atoms with Gasteiger partial charge in [0.05, 0.1) is 22.1 Å². The zero-order valence-corrected chi connectivity index (χ0v) is 20.9. The topological polar surface area (TPSA) is 91.1 Å². The number of anilines is 3. The van der Waals surface area contributed by atoms with Crippen LogP contribution in [-0.2, 0) is 9.98 Å². The summed E-state index contributed by atoms with van der Waals surface area (Å²) < 4.78 is 16.6. The highest BCUT2D eigenvalue weighted by molar-refractivity contribution is 7.72. The van der Waals surface area contributed by atoms with E-state index < -0.39 is 17.8 Å². The SMILES string of the molecule is Cc1cc([N+](=O)[O-])ccc1N[P@@]1(=O)/C(=C2\N(C)c3ccccc3C2(C)C)C=NN1c1ccccc1. The van der Waals surface area contributed by atoms with Gasteiger partial charge in [-0.25, -0.2) is 0 Å². The Bertz CT molecular complexity index is 1450. The Balaban J connectivity index is 1.70. The van der Waals surface area contributed by atoms with Crippen molar-refractivity contribution < 1.29 is 9.49 Å². The van der Waals surface area contributed by atoms with Crippen molar-refractivity contribution in [1.29, 1.82) is 0 Å². The molecule has 5 rings (SSSR count). The van der Waals surface area contributed by atoms with Crippen molar-refractivity contribution in [3.63, 3.8) is 0 Å². The molecule has 0 aromatic heterocycles. The normalized spacial score (nSPS) is 22.4.